The number of hydrogen-bond acceptors (Lipinski definition) is 3. The lowest BCUT2D eigenvalue weighted by Gasteiger charge is -2.36. The smallest absolute Gasteiger partial charge is 0.331 e. The summed E-state index contributed by atoms with van der Waals surface area (Å²) in [5.74, 6) is -0.00478. The van der Waals surface area contributed by atoms with Crippen LogP contribution in [-0.2, 0) is 9.53 Å². The fraction of sp³-hybridized carbons (Fsp3) is 0.588. The van der Waals surface area contributed by atoms with Crippen molar-refractivity contribution in [2.75, 3.05) is 12.4 Å². The van der Waals surface area contributed by atoms with Crippen LogP contribution in [0.25, 0.3) is 0 Å². The van der Waals surface area contributed by atoms with Gasteiger partial charge in [-0.3, -0.25) is 0 Å². The highest BCUT2D eigenvalue weighted by atomic mass is 19.1. The molecule has 0 heterocycles. The Morgan fingerprint density at radius 2 is 1.81 bits per heavy atom. The van der Waals surface area contributed by atoms with E-state index in [1.54, 1.807) is 12.1 Å². The number of hydrogen-bond donors (Lipinski definition) is 1. The number of rotatable bonds is 7. The van der Waals surface area contributed by atoms with Crippen LogP contribution in [0, 0.1) is 17.7 Å². The van der Waals surface area contributed by atoms with Gasteiger partial charge in [-0.1, -0.05) is 33.8 Å². The Kier molecular flexibility index (Phi) is 6.19. The summed E-state index contributed by atoms with van der Waals surface area (Å²) in [5, 5.41) is 3.23. The van der Waals surface area contributed by atoms with Gasteiger partial charge >= 0.3 is 5.97 Å². The number of halogens is 1. The molecule has 0 fully saturated rings. The molecule has 0 amide bonds. The van der Waals surface area contributed by atoms with E-state index in [4.69, 9.17) is 4.74 Å². The topological polar surface area (TPSA) is 38.3 Å². The SMILES string of the molecule is COC(=O)C(CC(C)C)(CC(C)C)Nc1cccc(F)c1. The molecule has 1 rings (SSSR count). The predicted octanol–water partition coefficient (Wildman–Crippen LogP) is 4.24. The van der Waals surface area contributed by atoms with E-state index in [0.717, 1.165) is 0 Å². The molecule has 118 valence electrons. The van der Waals surface area contributed by atoms with Crippen molar-refractivity contribution in [2.24, 2.45) is 11.8 Å². The zero-order valence-electron chi connectivity index (χ0n) is 13.6. The first-order valence-corrected chi connectivity index (χ1v) is 7.41. The van der Waals surface area contributed by atoms with Crippen LogP contribution >= 0.6 is 0 Å². The van der Waals surface area contributed by atoms with E-state index in [9.17, 15) is 9.18 Å². The highest BCUT2D eigenvalue weighted by Crippen LogP contribution is 2.31. The Balaban J connectivity index is 3.16. The van der Waals surface area contributed by atoms with Crippen LogP contribution in [0.1, 0.15) is 40.5 Å². The van der Waals surface area contributed by atoms with E-state index < -0.39 is 5.54 Å². The Labute approximate surface area is 126 Å². The largest absolute Gasteiger partial charge is 0.467 e. The predicted molar refractivity (Wildman–Crippen MR) is 83.7 cm³/mol. The Hall–Kier alpha value is -1.58. The Bertz CT molecular complexity index is 462. The standard InChI is InChI=1S/C17H26FNO2/c1-12(2)10-17(11-13(3)4,16(20)21-5)19-15-8-6-7-14(18)9-15/h6-9,12-13,19H,10-11H2,1-5H3. The van der Waals surface area contributed by atoms with Gasteiger partial charge in [-0.2, -0.15) is 0 Å². The highest BCUT2D eigenvalue weighted by Gasteiger charge is 2.40. The first-order valence-electron chi connectivity index (χ1n) is 7.41. The number of nitrogens with one attached hydrogen (secondary N) is 1. The molecule has 0 saturated heterocycles. The first kappa shape index (κ1) is 17.5. The van der Waals surface area contributed by atoms with Crippen molar-refractivity contribution in [3.05, 3.63) is 30.1 Å². The lowest BCUT2D eigenvalue weighted by Crippen LogP contribution is -2.49. The third-order valence-electron chi connectivity index (χ3n) is 3.30. The van der Waals surface area contributed by atoms with Gasteiger partial charge < -0.3 is 10.1 Å². The minimum absolute atomic E-state index is 0.297. The molecule has 0 unspecified atom stereocenters. The van der Waals surface area contributed by atoms with E-state index in [0.29, 0.717) is 30.4 Å². The van der Waals surface area contributed by atoms with Gasteiger partial charge in [0.2, 0.25) is 0 Å². The zero-order chi connectivity index (χ0) is 16.0. The van der Waals surface area contributed by atoms with Gasteiger partial charge in [-0.25, -0.2) is 9.18 Å². The molecule has 21 heavy (non-hydrogen) atoms. The number of anilines is 1. The molecule has 4 heteroatoms. The van der Waals surface area contributed by atoms with Crippen molar-refractivity contribution in [3.63, 3.8) is 0 Å². The number of ether oxygens (including phenoxy) is 1. The Morgan fingerprint density at radius 3 is 2.24 bits per heavy atom. The fourth-order valence-corrected chi connectivity index (χ4v) is 2.83. The molecular formula is C17H26FNO2. The second-order valence-corrected chi connectivity index (χ2v) is 6.40. The minimum atomic E-state index is -0.828. The minimum Gasteiger partial charge on any atom is -0.467 e. The monoisotopic (exact) mass is 295 g/mol. The molecule has 1 aromatic rings. The molecule has 0 saturated carbocycles. The van der Waals surface area contributed by atoms with E-state index in [1.807, 2.05) is 0 Å². The third kappa shape index (κ3) is 5.03. The van der Waals surface area contributed by atoms with Gasteiger partial charge in [-0.15, -0.1) is 0 Å². The second-order valence-electron chi connectivity index (χ2n) is 6.40. The summed E-state index contributed by atoms with van der Waals surface area (Å²) in [4.78, 5) is 12.4. The molecule has 0 aliphatic rings. The van der Waals surface area contributed by atoms with E-state index in [-0.39, 0.29) is 11.8 Å². The molecule has 0 aromatic heterocycles. The van der Waals surface area contributed by atoms with Gasteiger partial charge in [0.1, 0.15) is 11.4 Å². The number of benzene rings is 1. The summed E-state index contributed by atoms with van der Waals surface area (Å²) in [6.07, 6.45) is 1.27. The molecule has 0 aliphatic heterocycles. The van der Waals surface area contributed by atoms with Crippen LogP contribution in [-0.4, -0.2) is 18.6 Å². The van der Waals surface area contributed by atoms with E-state index >= 15 is 0 Å². The molecule has 1 aromatic carbocycles. The van der Waals surface area contributed by atoms with Gasteiger partial charge in [-0.05, 0) is 42.9 Å². The summed E-state index contributed by atoms with van der Waals surface area (Å²) in [6, 6.07) is 6.18. The zero-order valence-corrected chi connectivity index (χ0v) is 13.6. The van der Waals surface area contributed by atoms with Crippen LogP contribution in [0.3, 0.4) is 0 Å². The van der Waals surface area contributed by atoms with E-state index in [2.05, 4.69) is 33.0 Å². The average molecular weight is 295 g/mol. The molecule has 0 spiro atoms. The van der Waals surface area contributed by atoms with Gasteiger partial charge in [0, 0.05) is 5.69 Å². The quantitative estimate of drug-likeness (QED) is 0.765. The lowest BCUT2D eigenvalue weighted by molar-refractivity contribution is -0.147. The number of methoxy groups -OCH3 is 1. The number of esters is 1. The summed E-state index contributed by atoms with van der Waals surface area (Å²) in [6.45, 7) is 8.24. The van der Waals surface area contributed by atoms with Gasteiger partial charge in [0.05, 0.1) is 7.11 Å². The van der Waals surface area contributed by atoms with Crippen LogP contribution in [0.4, 0.5) is 10.1 Å². The Morgan fingerprint density at radius 1 is 1.24 bits per heavy atom. The number of carbonyl (C=O) groups is 1. The molecule has 0 bridgehead atoms. The highest BCUT2D eigenvalue weighted by molar-refractivity contribution is 5.84. The summed E-state index contributed by atoms with van der Waals surface area (Å²) < 4.78 is 18.4. The maximum atomic E-state index is 13.4. The van der Waals surface area contributed by atoms with Crippen molar-refractivity contribution in [1.82, 2.24) is 0 Å². The van der Waals surface area contributed by atoms with Crippen LogP contribution in [0.15, 0.2) is 24.3 Å². The fourth-order valence-electron chi connectivity index (χ4n) is 2.83. The van der Waals surface area contributed by atoms with Crippen LogP contribution < -0.4 is 5.32 Å². The maximum Gasteiger partial charge on any atom is 0.331 e. The summed E-state index contributed by atoms with van der Waals surface area (Å²) in [5.41, 5.74) is -0.230. The van der Waals surface area contributed by atoms with Crippen LogP contribution in [0.2, 0.25) is 0 Å². The normalized spacial score (nSPS) is 11.8. The average Bonchev–Trinajstić information content (AvgIpc) is 2.35. The molecule has 3 nitrogen and oxygen atoms in total. The molecule has 1 N–H and O–H groups in total. The maximum absolute atomic E-state index is 13.4. The molecule has 0 radical (unpaired) electrons. The van der Waals surface area contributed by atoms with E-state index in [1.165, 1.54) is 19.2 Å². The number of carbonyl (C=O) groups excluding carboxylic acids is 1. The van der Waals surface area contributed by atoms with Crippen LogP contribution in [0.5, 0.6) is 0 Å². The van der Waals surface area contributed by atoms with Crippen molar-refractivity contribution in [3.8, 4) is 0 Å². The molecule has 0 atom stereocenters. The van der Waals surface area contributed by atoms with Gasteiger partial charge in [0.15, 0.2) is 0 Å². The third-order valence-corrected chi connectivity index (χ3v) is 3.30. The molecular weight excluding hydrogens is 269 g/mol. The summed E-state index contributed by atoms with van der Waals surface area (Å²) in [7, 11) is 1.39. The molecule has 0 aliphatic carbocycles. The second kappa shape index (κ2) is 7.43. The van der Waals surface area contributed by atoms with Crippen molar-refractivity contribution in [1.29, 1.82) is 0 Å². The van der Waals surface area contributed by atoms with Crippen molar-refractivity contribution in [2.45, 2.75) is 46.1 Å². The van der Waals surface area contributed by atoms with Gasteiger partial charge in [0.25, 0.3) is 0 Å². The lowest BCUT2D eigenvalue weighted by atomic mass is 9.81. The summed E-state index contributed by atoms with van der Waals surface area (Å²) >= 11 is 0. The first-order chi connectivity index (χ1) is 9.79. The van der Waals surface area contributed by atoms with Crippen molar-refractivity contribution >= 4 is 11.7 Å². The van der Waals surface area contributed by atoms with Crippen molar-refractivity contribution < 1.29 is 13.9 Å².